The van der Waals surface area contributed by atoms with E-state index in [0.29, 0.717) is 29.3 Å². The molecule has 1 amide bonds. The number of amides is 1. The minimum Gasteiger partial charge on any atom is -0.465 e. The summed E-state index contributed by atoms with van der Waals surface area (Å²) in [6.45, 7) is 0.241. The van der Waals surface area contributed by atoms with E-state index in [0.717, 1.165) is 11.1 Å². The number of carboxylic acid groups (broad SMARTS) is 1. The summed E-state index contributed by atoms with van der Waals surface area (Å²) >= 11 is 12.1. The van der Waals surface area contributed by atoms with E-state index in [-0.39, 0.29) is 12.1 Å². The third-order valence-corrected chi connectivity index (χ3v) is 6.45. The second kappa shape index (κ2) is 9.86. The van der Waals surface area contributed by atoms with Gasteiger partial charge in [0, 0.05) is 35.9 Å². The minimum absolute atomic E-state index is 0.241. The second-order valence-corrected chi connectivity index (χ2v) is 9.05. The molecule has 0 radical (unpaired) electrons. The Balaban J connectivity index is 1.69. The molecule has 3 aromatic carbocycles. The van der Waals surface area contributed by atoms with E-state index in [1.54, 1.807) is 6.07 Å². The average molecular weight is 484 g/mol. The molecule has 0 saturated carbocycles. The summed E-state index contributed by atoms with van der Waals surface area (Å²) in [7, 11) is 0. The SMILES string of the molecule is O=C(O[C@H]1CCN(C(=O)O)[C@@](Cc2ccccc2)(c2ccccc2)C1)c1cc(Cl)cc(Cl)c1. The van der Waals surface area contributed by atoms with Gasteiger partial charge in [-0.1, -0.05) is 83.9 Å². The molecular formula is C26H23Cl2NO4. The second-order valence-electron chi connectivity index (χ2n) is 8.17. The lowest BCUT2D eigenvalue weighted by molar-refractivity contribution is -0.0328. The zero-order valence-electron chi connectivity index (χ0n) is 17.8. The molecule has 170 valence electrons. The average Bonchev–Trinajstić information content (AvgIpc) is 2.79. The summed E-state index contributed by atoms with van der Waals surface area (Å²) in [6.07, 6.45) is -0.286. The quantitative estimate of drug-likeness (QED) is 0.424. The van der Waals surface area contributed by atoms with Crippen molar-refractivity contribution in [2.24, 2.45) is 0 Å². The third-order valence-electron chi connectivity index (χ3n) is 6.01. The molecule has 0 aliphatic carbocycles. The van der Waals surface area contributed by atoms with E-state index in [2.05, 4.69) is 0 Å². The summed E-state index contributed by atoms with van der Waals surface area (Å²) in [5, 5.41) is 10.8. The molecule has 4 rings (SSSR count). The lowest BCUT2D eigenvalue weighted by Crippen LogP contribution is -2.57. The highest BCUT2D eigenvalue weighted by Gasteiger charge is 2.47. The Labute approximate surface area is 202 Å². The fraction of sp³-hybridized carbons (Fsp3) is 0.231. The van der Waals surface area contributed by atoms with E-state index in [4.69, 9.17) is 27.9 Å². The number of carbonyl (C=O) groups is 2. The van der Waals surface area contributed by atoms with Gasteiger partial charge in [0.25, 0.3) is 0 Å². The summed E-state index contributed by atoms with van der Waals surface area (Å²) in [5.41, 5.74) is 1.24. The molecule has 2 atom stereocenters. The van der Waals surface area contributed by atoms with Crippen LogP contribution in [0.25, 0.3) is 0 Å². The van der Waals surface area contributed by atoms with Crippen LogP contribution in [0.3, 0.4) is 0 Å². The Hall–Kier alpha value is -3.02. The normalized spacial score (nSPS) is 20.3. The zero-order chi connectivity index (χ0) is 23.4. The van der Waals surface area contributed by atoms with Gasteiger partial charge >= 0.3 is 12.1 Å². The molecule has 7 heteroatoms. The van der Waals surface area contributed by atoms with Gasteiger partial charge in [-0.15, -0.1) is 0 Å². The Morgan fingerprint density at radius 3 is 2.18 bits per heavy atom. The molecule has 1 saturated heterocycles. The van der Waals surface area contributed by atoms with Crippen LogP contribution in [-0.4, -0.2) is 34.7 Å². The number of likely N-dealkylation sites (tertiary alicyclic amines) is 1. The molecule has 1 aliphatic heterocycles. The third kappa shape index (κ3) is 5.15. The molecule has 1 N–H and O–H groups in total. The maximum atomic E-state index is 12.9. The molecule has 5 nitrogen and oxygen atoms in total. The summed E-state index contributed by atoms with van der Waals surface area (Å²) in [6, 6.07) is 23.9. The lowest BCUT2D eigenvalue weighted by Gasteiger charge is -2.48. The van der Waals surface area contributed by atoms with E-state index >= 15 is 0 Å². The maximum absolute atomic E-state index is 12.9. The van der Waals surface area contributed by atoms with Gasteiger partial charge in [0.05, 0.1) is 11.1 Å². The van der Waals surface area contributed by atoms with Gasteiger partial charge in [-0.25, -0.2) is 9.59 Å². The van der Waals surface area contributed by atoms with Gasteiger partial charge in [-0.05, 0) is 29.3 Å². The molecule has 1 aliphatic rings. The van der Waals surface area contributed by atoms with Crippen molar-refractivity contribution < 1.29 is 19.4 Å². The van der Waals surface area contributed by atoms with Crippen molar-refractivity contribution in [3.63, 3.8) is 0 Å². The smallest absolute Gasteiger partial charge is 0.408 e. The topological polar surface area (TPSA) is 66.8 Å². The number of rotatable bonds is 5. The number of piperidine rings is 1. The number of esters is 1. The van der Waals surface area contributed by atoms with Crippen LogP contribution in [0.2, 0.25) is 10.0 Å². The number of benzene rings is 3. The highest BCUT2D eigenvalue weighted by atomic mass is 35.5. The predicted molar refractivity (Wildman–Crippen MR) is 128 cm³/mol. The first-order chi connectivity index (χ1) is 15.9. The molecule has 1 fully saturated rings. The van der Waals surface area contributed by atoms with Crippen molar-refractivity contribution in [1.82, 2.24) is 4.90 Å². The summed E-state index contributed by atoms with van der Waals surface area (Å²) in [4.78, 5) is 26.7. The standard InChI is InChI=1S/C26H23Cl2NO4/c27-21-13-19(14-22(28)15-21)24(30)33-23-11-12-29(25(31)32)26(17-23,20-9-5-2-6-10-20)16-18-7-3-1-4-8-18/h1-10,13-15,23H,11-12,16-17H2,(H,31,32)/t23-,26+/m0/s1. The number of ether oxygens (including phenoxy) is 1. The first-order valence-electron chi connectivity index (χ1n) is 10.6. The molecular weight excluding hydrogens is 461 g/mol. The van der Waals surface area contributed by atoms with Gasteiger partial charge < -0.3 is 9.84 Å². The van der Waals surface area contributed by atoms with Crippen LogP contribution >= 0.6 is 23.2 Å². The van der Waals surface area contributed by atoms with Gasteiger partial charge in [-0.2, -0.15) is 0 Å². The van der Waals surface area contributed by atoms with Crippen LogP contribution in [0.4, 0.5) is 4.79 Å². The Morgan fingerprint density at radius 1 is 0.970 bits per heavy atom. The Morgan fingerprint density at radius 2 is 1.58 bits per heavy atom. The van der Waals surface area contributed by atoms with E-state index < -0.39 is 23.7 Å². The summed E-state index contributed by atoms with van der Waals surface area (Å²) < 4.78 is 5.85. The number of halogens is 2. The fourth-order valence-corrected chi connectivity index (χ4v) is 5.10. The van der Waals surface area contributed by atoms with E-state index in [1.807, 2.05) is 60.7 Å². The monoisotopic (exact) mass is 483 g/mol. The number of carbonyl (C=O) groups excluding carboxylic acids is 1. The van der Waals surface area contributed by atoms with Crippen LogP contribution in [0.1, 0.15) is 34.3 Å². The Bertz CT molecular complexity index is 1120. The largest absolute Gasteiger partial charge is 0.465 e. The van der Waals surface area contributed by atoms with Crippen LogP contribution in [-0.2, 0) is 16.7 Å². The Kier molecular flexibility index (Phi) is 6.91. The number of hydrogen-bond donors (Lipinski definition) is 1. The minimum atomic E-state index is -0.999. The molecule has 33 heavy (non-hydrogen) atoms. The van der Waals surface area contributed by atoms with Crippen molar-refractivity contribution in [2.75, 3.05) is 6.54 Å². The molecule has 1 heterocycles. The predicted octanol–water partition coefficient (Wildman–Crippen LogP) is 6.43. The van der Waals surface area contributed by atoms with Gasteiger partial charge in [0.1, 0.15) is 6.10 Å². The van der Waals surface area contributed by atoms with Crippen molar-refractivity contribution in [3.05, 3.63) is 106 Å². The number of nitrogens with zero attached hydrogens (tertiary/aromatic N) is 1. The molecule has 3 aromatic rings. The molecule has 0 unspecified atom stereocenters. The van der Waals surface area contributed by atoms with Crippen LogP contribution < -0.4 is 0 Å². The van der Waals surface area contributed by atoms with E-state index in [9.17, 15) is 14.7 Å². The molecule has 0 aromatic heterocycles. The first kappa shape index (κ1) is 23.1. The van der Waals surface area contributed by atoms with Gasteiger partial charge in [-0.3, -0.25) is 4.90 Å². The van der Waals surface area contributed by atoms with Gasteiger partial charge in [0.2, 0.25) is 0 Å². The summed E-state index contributed by atoms with van der Waals surface area (Å²) in [5.74, 6) is -0.533. The van der Waals surface area contributed by atoms with Gasteiger partial charge in [0.15, 0.2) is 0 Å². The fourth-order valence-electron chi connectivity index (χ4n) is 4.57. The van der Waals surface area contributed by atoms with Crippen LogP contribution in [0, 0.1) is 0 Å². The van der Waals surface area contributed by atoms with Crippen molar-refractivity contribution in [3.8, 4) is 0 Å². The maximum Gasteiger partial charge on any atom is 0.408 e. The highest BCUT2D eigenvalue weighted by Crippen LogP contribution is 2.42. The zero-order valence-corrected chi connectivity index (χ0v) is 19.3. The van der Waals surface area contributed by atoms with E-state index in [1.165, 1.54) is 17.0 Å². The first-order valence-corrected chi connectivity index (χ1v) is 11.4. The molecule has 0 bridgehead atoms. The van der Waals surface area contributed by atoms with Crippen LogP contribution in [0.15, 0.2) is 78.9 Å². The van der Waals surface area contributed by atoms with Crippen molar-refractivity contribution >= 4 is 35.3 Å². The highest BCUT2D eigenvalue weighted by molar-refractivity contribution is 6.35. The molecule has 0 spiro atoms. The number of hydrogen-bond acceptors (Lipinski definition) is 3. The van der Waals surface area contributed by atoms with Crippen molar-refractivity contribution in [2.45, 2.75) is 30.9 Å². The lowest BCUT2D eigenvalue weighted by atomic mass is 9.75. The van der Waals surface area contributed by atoms with Crippen LogP contribution in [0.5, 0.6) is 0 Å². The van der Waals surface area contributed by atoms with Crippen molar-refractivity contribution in [1.29, 1.82) is 0 Å².